The van der Waals surface area contributed by atoms with E-state index in [1.54, 1.807) is 24.3 Å². The lowest BCUT2D eigenvalue weighted by Gasteiger charge is -2.11. The highest BCUT2D eigenvalue weighted by Crippen LogP contribution is 2.30. The molecule has 0 fully saturated rings. The maximum absolute atomic E-state index is 14.5. The van der Waals surface area contributed by atoms with E-state index in [0.29, 0.717) is 11.0 Å². The van der Waals surface area contributed by atoms with E-state index < -0.39 is 47.2 Å². The van der Waals surface area contributed by atoms with Crippen LogP contribution in [0.1, 0.15) is 26.3 Å². The molecule has 1 aromatic heterocycles. The minimum atomic E-state index is -1.02. The fourth-order valence-corrected chi connectivity index (χ4v) is 3.45. The summed E-state index contributed by atoms with van der Waals surface area (Å²) in [6.45, 7) is -0.755. The Morgan fingerprint density at radius 1 is 0.917 bits per heavy atom. The number of amides is 2. The second-order valence-electron chi connectivity index (χ2n) is 7.38. The van der Waals surface area contributed by atoms with Gasteiger partial charge in [-0.2, -0.15) is 0 Å². The zero-order valence-corrected chi connectivity index (χ0v) is 18.9. The fourth-order valence-electron chi connectivity index (χ4n) is 3.18. The minimum Gasteiger partial charge on any atom is -0.479 e. The summed E-state index contributed by atoms with van der Waals surface area (Å²) < 4.78 is 37.8. The van der Waals surface area contributed by atoms with E-state index in [-0.39, 0.29) is 21.7 Å². The van der Waals surface area contributed by atoms with Gasteiger partial charge in [-0.3, -0.25) is 25.2 Å². The van der Waals surface area contributed by atoms with Crippen LogP contribution in [0.2, 0.25) is 5.02 Å². The summed E-state index contributed by atoms with van der Waals surface area (Å²) in [5, 5.41) is 0.217. The number of rotatable bonds is 6. The molecule has 0 saturated heterocycles. The van der Waals surface area contributed by atoms with E-state index in [2.05, 4.69) is 0 Å². The number of halogens is 3. The molecule has 2 N–H and O–H groups in total. The lowest BCUT2D eigenvalue weighted by Crippen LogP contribution is -2.45. The van der Waals surface area contributed by atoms with Crippen LogP contribution in [0.25, 0.3) is 11.0 Å². The average Bonchev–Trinajstić information content (AvgIpc) is 2.86. The highest BCUT2D eigenvalue weighted by molar-refractivity contribution is 6.32. The molecule has 3 aromatic carbocycles. The molecule has 4 aromatic rings. The van der Waals surface area contributed by atoms with Crippen LogP contribution in [-0.4, -0.2) is 24.2 Å². The summed E-state index contributed by atoms with van der Waals surface area (Å²) in [6, 6.07) is 14.5. The Balaban J connectivity index is 1.37. The summed E-state index contributed by atoms with van der Waals surface area (Å²) >= 11 is 6.02. The summed E-state index contributed by atoms with van der Waals surface area (Å²) in [4.78, 5) is 48.8. The predicted octanol–water partition coefficient (Wildman–Crippen LogP) is 3.80. The molecule has 2 amide bonds. The number of ether oxygens (including phenoxy) is 1. The highest BCUT2D eigenvalue weighted by atomic mass is 35.5. The molecule has 182 valence electrons. The van der Waals surface area contributed by atoms with Gasteiger partial charge in [0.2, 0.25) is 0 Å². The van der Waals surface area contributed by atoms with E-state index in [1.807, 2.05) is 10.9 Å². The van der Waals surface area contributed by atoms with Gasteiger partial charge in [-0.05, 0) is 48.5 Å². The smallest absolute Gasteiger partial charge is 0.349 e. The number of carbonyl (C=O) groups is 3. The molecule has 4 rings (SSSR count). The van der Waals surface area contributed by atoms with E-state index in [1.165, 1.54) is 18.2 Å². The first-order valence-corrected chi connectivity index (χ1v) is 10.6. The standard InChI is InChI=1S/C25H15ClF2N2O6/c26-18-10-15(22(32)13-5-7-16(27)8-6-13)11-19(28)23(18)35-12-21(31)29-30-24(33)17-9-14-3-1-2-4-20(14)36-25(17)34/h1-11H,12H2,(H,29,31)(H,30,33). The van der Waals surface area contributed by atoms with Crippen molar-refractivity contribution in [3.63, 3.8) is 0 Å². The van der Waals surface area contributed by atoms with Gasteiger partial charge in [0.05, 0.1) is 5.02 Å². The molecule has 0 aliphatic rings. The number of hydrazine groups is 1. The van der Waals surface area contributed by atoms with Gasteiger partial charge >= 0.3 is 5.63 Å². The summed E-state index contributed by atoms with van der Waals surface area (Å²) in [7, 11) is 0. The Hall–Kier alpha value is -4.57. The van der Waals surface area contributed by atoms with Gasteiger partial charge in [0.1, 0.15) is 17.0 Å². The highest BCUT2D eigenvalue weighted by Gasteiger charge is 2.19. The van der Waals surface area contributed by atoms with Crippen LogP contribution in [0.15, 0.2) is 75.9 Å². The molecule has 11 heteroatoms. The maximum atomic E-state index is 14.5. The van der Waals surface area contributed by atoms with Crippen molar-refractivity contribution in [1.29, 1.82) is 0 Å². The molecule has 0 spiro atoms. The third kappa shape index (κ3) is 5.39. The minimum absolute atomic E-state index is 0.109. The number of hydrogen-bond donors (Lipinski definition) is 2. The van der Waals surface area contributed by atoms with E-state index in [0.717, 1.165) is 24.3 Å². The predicted molar refractivity (Wildman–Crippen MR) is 125 cm³/mol. The SMILES string of the molecule is O=C(COc1c(F)cc(C(=O)c2ccc(F)cc2)cc1Cl)NNC(=O)c1cc2ccccc2oc1=O. The van der Waals surface area contributed by atoms with Gasteiger partial charge in [0.15, 0.2) is 24.0 Å². The van der Waals surface area contributed by atoms with Crippen LogP contribution >= 0.6 is 11.6 Å². The van der Waals surface area contributed by atoms with Crippen LogP contribution in [-0.2, 0) is 4.79 Å². The molecule has 36 heavy (non-hydrogen) atoms. The first kappa shape index (κ1) is 24.6. The van der Waals surface area contributed by atoms with Crippen molar-refractivity contribution in [1.82, 2.24) is 10.9 Å². The van der Waals surface area contributed by atoms with Crippen LogP contribution in [0.5, 0.6) is 5.75 Å². The number of ketones is 1. The number of para-hydroxylation sites is 1. The van der Waals surface area contributed by atoms with Gasteiger partial charge in [-0.25, -0.2) is 13.6 Å². The van der Waals surface area contributed by atoms with Crippen LogP contribution in [0.3, 0.4) is 0 Å². The molecule has 0 aliphatic carbocycles. The number of fused-ring (bicyclic) bond motifs is 1. The van der Waals surface area contributed by atoms with Crippen molar-refractivity contribution in [3.05, 3.63) is 110 Å². The van der Waals surface area contributed by atoms with Crippen molar-refractivity contribution in [2.75, 3.05) is 6.61 Å². The van der Waals surface area contributed by atoms with E-state index in [4.69, 9.17) is 20.8 Å². The third-order valence-corrected chi connectivity index (χ3v) is 5.20. The molecule has 0 bridgehead atoms. The largest absolute Gasteiger partial charge is 0.479 e. The second-order valence-corrected chi connectivity index (χ2v) is 7.79. The van der Waals surface area contributed by atoms with Crippen LogP contribution in [0, 0.1) is 11.6 Å². The molecular weight excluding hydrogens is 498 g/mol. The molecule has 0 radical (unpaired) electrons. The van der Waals surface area contributed by atoms with Crippen molar-refractivity contribution < 1.29 is 32.3 Å². The number of benzene rings is 3. The Bertz CT molecular complexity index is 1530. The average molecular weight is 513 g/mol. The van der Waals surface area contributed by atoms with Gasteiger partial charge in [0, 0.05) is 16.5 Å². The molecule has 0 atom stereocenters. The number of carbonyl (C=O) groups excluding carboxylic acids is 3. The van der Waals surface area contributed by atoms with Gasteiger partial charge in [-0.15, -0.1) is 0 Å². The first-order chi connectivity index (χ1) is 17.2. The van der Waals surface area contributed by atoms with Crippen molar-refractivity contribution in [2.24, 2.45) is 0 Å². The Kier molecular flexibility index (Phi) is 7.07. The van der Waals surface area contributed by atoms with E-state index >= 15 is 0 Å². The number of hydrogen-bond acceptors (Lipinski definition) is 6. The van der Waals surface area contributed by atoms with Crippen LogP contribution < -0.4 is 21.2 Å². The quantitative estimate of drug-likeness (QED) is 0.231. The Labute approximate surface area is 206 Å². The summed E-state index contributed by atoms with van der Waals surface area (Å²) in [5.74, 6) is -4.47. The number of nitrogens with one attached hydrogen (secondary N) is 2. The Morgan fingerprint density at radius 3 is 2.36 bits per heavy atom. The zero-order chi connectivity index (χ0) is 25.8. The zero-order valence-electron chi connectivity index (χ0n) is 18.1. The monoisotopic (exact) mass is 512 g/mol. The lowest BCUT2D eigenvalue weighted by molar-refractivity contribution is -0.123. The van der Waals surface area contributed by atoms with Gasteiger partial charge in [-0.1, -0.05) is 29.8 Å². The molecule has 0 saturated carbocycles. The molecular formula is C25H15ClF2N2O6. The fraction of sp³-hybridized carbons (Fsp3) is 0.0400. The molecule has 0 aliphatic heterocycles. The maximum Gasteiger partial charge on any atom is 0.349 e. The van der Waals surface area contributed by atoms with Gasteiger partial charge < -0.3 is 9.15 Å². The topological polar surface area (TPSA) is 115 Å². The van der Waals surface area contributed by atoms with Crippen molar-refractivity contribution >= 4 is 40.2 Å². The van der Waals surface area contributed by atoms with Crippen LogP contribution in [0.4, 0.5) is 8.78 Å². The third-order valence-electron chi connectivity index (χ3n) is 4.92. The van der Waals surface area contributed by atoms with Crippen molar-refractivity contribution in [3.8, 4) is 5.75 Å². The normalized spacial score (nSPS) is 10.6. The molecule has 0 unspecified atom stereocenters. The second kappa shape index (κ2) is 10.4. The van der Waals surface area contributed by atoms with Gasteiger partial charge in [0.25, 0.3) is 11.8 Å². The summed E-state index contributed by atoms with van der Waals surface area (Å²) in [5.41, 5.74) is 3.13. The lowest BCUT2D eigenvalue weighted by atomic mass is 10.0. The first-order valence-electron chi connectivity index (χ1n) is 10.3. The summed E-state index contributed by atoms with van der Waals surface area (Å²) in [6.07, 6.45) is 0. The molecule has 1 heterocycles. The Morgan fingerprint density at radius 2 is 1.64 bits per heavy atom. The van der Waals surface area contributed by atoms with E-state index in [9.17, 15) is 28.0 Å². The molecule has 8 nitrogen and oxygen atoms in total. The van der Waals surface area contributed by atoms with Crippen molar-refractivity contribution in [2.45, 2.75) is 0 Å².